The monoisotopic (exact) mass is 291 g/mol. The molecule has 116 valence electrons. The van der Waals surface area contributed by atoms with Gasteiger partial charge in [0, 0.05) is 18.4 Å². The van der Waals surface area contributed by atoms with Crippen LogP contribution in [0.3, 0.4) is 0 Å². The molecule has 2 fully saturated rings. The van der Waals surface area contributed by atoms with Crippen molar-refractivity contribution in [3.05, 3.63) is 23.8 Å². The van der Waals surface area contributed by atoms with Gasteiger partial charge >= 0.3 is 0 Å². The van der Waals surface area contributed by atoms with Gasteiger partial charge in [-0.15, -0.1) is 0 Å². The highest BCUT2D eigenvalue weighted by atomic mass is 16.5. The average molecular weight is 291 g/mol. The molecular formula is C17H25NO3. The molecule has 0 aliphatic carbocycles. The van der Waals surface area contributed by atoms with E-state index in [1.165, 1.54) is 12.0 Å². The van der Waals surface area contributed by atoms with Crippen LogP contribution in [0.5, 0.6) is 11.5 Å². The Morgan fingerprint density at radius 2 is 2.05 bits per heavy atom. The van der Waals surface area contributed by atoms with Gasteiger partial charge in [-0.05, 0) is 44.0 Å². The molecule has 1 atom stereocenters. The van der Waals surface area contributed by atoms with Gasteiger partial charge in [0.15, 0.2) is 11.5 Å². The average Bonchev–Trinajstić information content (AvgIpc) is 2.96. The van der Waals surface area contributed by atoms with Gasteiger partial charge in [-0.2, -0.15) is 0 Å². The molecule has 4 nitrogen and oxygen atoms in total. The highest BCUT2D eigenvalue weighted by Gasteiger charge is 2.31. The maximum Gasteiger partial charge on any atom is 0.161 e. The molecule has 1 unspecified atom stereocenters. The lowest BCUT2D eigenvalue weighted by Gasteiger charge is -2.28. The summed E-state index contributed by atoms with van der Waals surface area (Å²) in [5, 5.41) is 3.60. The number of benzene rings is 1. The molecule has 0 saturated carbocycles. The van der Waals surface area contributed by atoms with Gasteiger partial charge in [0.25, 0.3) is 0 Å². The summed E-state index contributed by atoms with van der Waals surface area (Å²) in [6.45, 7) is 4.91. The summed E-state index contributed by atoms with van der Waals surface area (Å²) in [6, 6.07) is 6.32. The van der Waals surface area contributed by atoms with Crippen molar-refractivity contribution in [3.8, 4) is 11.5 Å². The second-order valence-corrected chi connectivity index (χ2v) is 6.16. The largest absolute Gasteiger partial charge is 0.493 e. The van der Waals surface area contributed by atoms with Gasteiger partial charge < -0.3 is 19.5 Å². The molecule has 0 spiro atoms. The Morgan fingerprint density at radius 3 is 2.71 bits per heavy atom. The number of nitrogens with one attached hydrogen (secondary N) is 1. The molecule has 0 radical (unpaired) electrons. The van der Waals surface area contributed by atoms with Crippen molar-refractivity contribution in [1.29, 1.82) is 0 Å². The third-order valence-corrected chi connectivity index (χ3v) is 4.63. The van der Waals surface area contributed by atoms with Gasteiger partial charge in [-0.3, -0.25) is 0 Å². The summed E-state index contributed by atoms with van der Waals surface area (Å²) in [5.41, 5.74) is 1.34. The smallest absolute Gasteiger partial charge is 0.161 e. The first kappa shape index (κ1) is 14.7. The van der Waals surface area contributed by atoms with Crippen molar-refractivity contribution in [3.63, 3.8) is 0 Å². The van der Waals surface area contributed by atoms with Crippen molar-refractivity contribution in [2.24, 2.45) is 0 Å². The molecule has 3 rings (SSSR count). The Balaban J connectivity index is 1.82. The zero-order valence-corrected chi connectivity index (χ0v) is 13.0. The molecule has 2 heterocycles. The van der Waals surface area contributed by atoms with E-state index in [1.807, 2.05) is 6.07 Å². The highest BCUT2D eigenvalue weighted by Crippen LogP contribution is 2.37. The summed E-state index contributed by atoms with van der Waals surface area (Å²) >= 11 is 0. The quantitative estimate of drug-likeness (QED) is 0.926. The van der Waals surface area contributed by atoms with Crippen LogP contribution in [0.4, 0.5) is 0 Å². The predicted octanol–water partition coefficient (Wildman–Crippen LogP) is 2.85. The molecule has 2 aliphatic heterocycles. The first-order valence-electron chi connectivity index (χ1n) is 7.89. The van der Waals surface area contributed by atoms with E-state index in [9.17, 15) is 0 Å². The Kier molecular flexibility index (Phi) is 4.36. The summed E-state index contributed by atoms with van der Waals surface area (Å²) in [7, 11) is 1.70. The van der Waals surface area contributed by atoms with Gasteiger partial charge in [0.05, 0.1) is 20.3 Å². The lowest BCUT2D eigenvalue weighted by atomic mass is 9.90. The van der Waals surface area contributed by atoms with Crippen LogP contribution in [0.2, 0.25) is 0 Å². The van der Waals surface area contributed by atoms with E-state index in [2.05, 4.69) is 24.4 Å². The van der Waals surface area contributed by atoms with Crippen molar-refractivity contribution >= 4 is 0 Å². The number of hydrogen-bond acceptors (Lipinski definition) is 4. The Morgan fingerprint density at radius 1 is 1.24 bits per heavy atom. The molecule has 0 bridgehead atoms. The Hall–Kier alpha value is -1.26. The van der Waals surface area contributed by atoms with E-state index in [-0.39, 0.29) is 11.6 Å². The molecule has 4 heteroatoms. The first-order chi connectivity index (χ1) is 10.2. The SMILES string of the molecule is COc1ccc(C2(C)CCCN2)cc1OC1CCOCC1. The maximum absolute atomic E-state index is 6.19. The number of rotatable bonds is 4. The zero-order chi connectivity index (χ0) is 14.7. The lowest BCUT2D eigenvalue weighted by molar-refractivity contribution is 0.0245. The molecule has 1 N–H and O–H groups in total. The molecule has 0 amide bonds. The summed E-state index contributed by atoms with van der Waals surface area (Å²) < 4.78 is 17.0. The van der Waals surface area contributed by atoms with Crippen LogP contribution >= 0.6 is 0 Å². The number of ether oxygens (including phenoxy) is 3. The normalized spacial score (nSPS) is 26.8. The Bertz CT molecular complexity index is 477. The highest BCUT2D eigenvalue weighted by molar-refractivity contribution is 5.45. The first-order valence-corrected chi connectivity index (χ1v) is 7.89. The lowest BCUT2D eigenvalue weighted by Crippen LogP contribution is -2.33. The molecule has 0 aromatic heterocycles. The van der Waals surface area contributed by atoms with E-state index in [4.69, 9.17) is 14.2 Å². The number of hydrogen-bond donors (Lipinski definition) is 1. The fourth-order valence-electron chi connectivity index (χ4n) is 3.23. The minimum Gasteiger partial charge on any atom is -0.493 e. The fraction of sp³-hybridized carbons (Fsp3) is 0.647. The van der Waals surface area contributed by atoms with Crippen molar-refractivity contribution in [2.45, 2.75) is 44.2 Å². The molecule has 2 saturated heterocycles. The Labute approximate surface area is 126 Å². The summed E-state index contributed by atoms with van der Waals surface area (Å²) in [4.78, 5) is 0. The van der Waals surface area contributed by atoms with Crippen molar-refractivity contribution in [1.82, 2.24) is 5.32 Å². The third kappa shape index (κ3) is 3.16. The van der Waals surface area contributed by atoms with Crippen LogP contribution in [-0.4, -0.2) is 33.0 Å². The van der Waals surface area contributed by atoms with Crippen LogP contribution in [0.1, 0.15) is 38.2 Å². The second kappa shape index (κ2) is 6.24. The van der Waals surface area contributed by atoms with Gasteiger partial charge in [0.1, 0.15) is 6.10 Å². The zero-order valence-electron chi connectivity index (χ0n) is 13.0. The van der Waals surface area contributed by atoms with Gasteiger partial charge in [0.2, 0.25) is 0 Å². The van der Waals surface area contributed by atoms with Crippen LogP contribution in [0, 0.1) is 0 Å². The van der Waals surface area contributed by atoms with Crippen molar-refractivity contribution < 1.29 is 14.2 Å². The van der Waals surface area contributed by atoms with Crippen LogP contribution in [0.25, 0.3) is 0 Å². The van der Waals surface area contributed by atoms with Gasteiger partial charge in [-0.25, -0.2) is 0 Å². The summed E-state index contributed by atoms with van der Waals surface area (Å²) in [6.07, 6.45) is 4.51. The van der Waals surface area contributed by atoms with Crippen molar-refractivity contribution in [2.75, 3.05) is 26.9 Å². The van der Waals surface area contributed by atoms with E-state index in [0.29, 0.717) is 0 Å². The minimum atomic E-state index is 0.0556. The topological polar surface area (TPSA) is 39.7 Å². The maximum atomic E-state index is 6.19. The molecule has 1 aromatic carbocycles. The van der Waals surface area contributed by atoms with E-state index in [0.717, 1.165) is 50.5 Å². The van der Waals surface area contributed by atoms with Crippen LogP contribution in [-0.2, 0) is 10.3 Å². The molecule has 21 heavy (non-hydrogen) atoms. The van der Waals surface area contributed by atoms with Gasteiger partial charge in [-0.1, -0.05) is 6.07 Å². The number of methoxy groups -OCH3 is 1. The van der Waals surface area contributed by atoms with E-state index < -0.39 is 0 Å². The standard InChI is InChI=1S/C17H25NO3/c1-17(8-3-9-18-17)13-4-5-15(19-2)16(12-13)21-14-6-10-20-11-7-14/h4-5,12,14,18H,3,6-11H2,1-2H3. The fourth-order valence-corrected chi connectivity index (χ4v) is 3.23. The molecular weight excluding hydrogens is 266 g/mol. The predicted molar refractivity (Wildman–Crippen MR) is 82.1 cm³/mol. The molecule has 2 aliphatic rings. The van der Waals surface area contributed by atoms with Crippen LogP contribution < -0.4 is 14.8 Å². The summed E-state index contributed by atoms with van der Waals surface area (Å²) in [5.74, 6) is 1.67. The van der Waals surface area contributed by atoms with E-state index >= 15 is 0 Å². The second-order valence-electron chi connectivity index (χ2n) is 6.16. The minimum absolute atomic E-state index is 0.0556. The van der Waals surface area contributed by atoms with Crippen LogP contribution in [0.15, 0.2) is 18.2 Å². The molecule has 1 aromatic rings. The third-order valence-electron chi connectivity index (χ3n) is 4.63. The van der Waals surface area contributed by atoms with E-state index in [1.54, 1.807) is 7.11 Å².